The number of rotatable bonds is 4. The van der Waals surface area contributed by atoms with Crippen LogP contribution >= 0.6 is 0 Å². The Kier molecular flexibility index (Phi) is 5.08. The summed E-state index contributed by atoms with van der Waals surface area (Å²) in [6, 6.07) is 0. The lowest BCUT2D eigenvalue weighted by Crippen LogP contribution is -2.34. The van der Waals surface area contributed by atoms with Crippen LogP contribution in [0.2, 0.25) is 0 Å². The molecular weight excluding hydrogens is 368 g/mol. The molecule has 2 atom stereocenters. The molecule has 2 rings (SSSR count). The summed E-state index contributed by atoms with van der Waals surface area (Å²) in [5, 5.41) is 12.7. The fraction of sp³-hybridized carbons (Fsp3) is 0.769. The molecule has 0 aromatic carbocycles. The molecule has 0 radical (unpaired) electrons. The molecule has 1 aromatic rings. The number of aromatic nitrogens is 2. The van der Waals surface area contributed by atoms with E-state index < -0.39 is 67.5 Å². The van der Waals surface area contributed by atoms with Gasteiger partial charge in [0.25, 0.3) is 5.92 Å². The minimum Gasteiger partial charge on any atom is -0.382 e. The number of aryl methyl sites for hydroxylation is 1. The molecule has 0 aliphatic heterocycles. The maximum atomic E-state index is 13.6. The van der Waals surface area contributed by atoms with Crippen LogP contribution in [0.5, 0.6) is 0 Å². The Morgan fingerprint density at radius 1 is 1.28 bits per heavy atom. The Morgan fingerprint density at radius 3 is 2.36 bits per heavy atom. The minimum atomic E-state index is -5.13. The molecule has 0 amide bonds. The molecule has 25 heavy (non-hydrogen) atoms. The standard InChI is InChI=1S/C13H14F8N2O2/c1-25-7(12(16,17)18)3-5-23-6-2-4-11(14,15)10(24)8(6)9(22-23)13(19,20)21/h7,10,24H,2-5H2,1H3/t7-,10-/m0/s1. The van der Waals surface area contributed by atoms with Gasteiger partial charge in [0, 0.05) is 37.8 Å². The first kappa shape index (κ1) is 19.9. The molecule has 1 aliphatic carbocycles. The number of halogens is 8. The molecule has 0 unspecified atom stereocenters. The van der Waals surface area contributed by atoms with Crippen molar-refractivity contribution in [2.75, 3.05) is 7.11 Å². The number of hydrogen-bond acceptors (Lipinski definition) is 3. The molecular formula is C13H14F8N2O2. The van der Waals surface area contributed by atoms with Gasteiger partial charge in [-0.3, -0.25) is 4.68 Å². The number of ether oxygens (including phenoxy) is 1. The van der Waals surface area contributed by atoms with Crippen molar-refractivity contribution in [3.63, 3.8) is 0 Å². The first-order valence-electron chi connectivity index (χ1n) is 7.11. The van der Waals surface area contributed by atoms with Gasteiger partial charge in [-0.25, -0.2) is 8.78 Å². The first-order valence-corrected chi connectivity index (χ1v) is 7.11. The molecule has 1 aromatic heterocycles. The van der Waals surface area contributed by atoms with Gasteiger partial charge in [0.05, 0.1) is 0 Å². The normalized spacial score (nSPS) is 21.9. The van der Waals surface area contributed by atoms with Crippen LogP contribution < -0.4 is 0 Å². The molecule has 1 heterocycles. The fourth-order valence-corrected chi connectivity index (χ4v) is 2.74. The van der Waals surface area contributed by atoms with Crippen molar-refractivity contribution in [1.82, 2.24) is 9.78 Å². The van der Waals surface area contributed by atoms with Gasteiger partial charge in [-0.15, -0.1) is 0 Å². The van der Waals surface area contributed by atoms with Crippen LogP contribution in [0.15, 0.2) is 0 Å². The lowest BCUT2D eigenvalue weighted by Gasteiger charge is -2.28. The van der Waals surface area contributed by atoms with E-state index in [1.807, 2.05) is 0 Å². The second-order valence-electron chi connectivity index (χ2n) is 5.65. The van der Waals surface area contributed by atoms with Crippen LogP contribution in [0.25, 0.3) is 0 Å². The van der Waals surface area contributed by atoms with Crippen molar-refractivity contribution >= 4 is 0 Å². The summed E-state index contributed by atoms with van der Waals surface area (Å²) in [5.41, 5.74) is -3.14. The summed E-state index contributed by atoms with van der Waals surface area (Å²) >= 11 is 0. The summed E-state index contributed by atoms with van der Waals surface area (Å²) < 4.78 is 109. The Morgan fingerprint density at radius 2 is 1.88 bits per heavy atom. The largest absolute Gasteiger partial charge is 0.435 e. The van der Waals surface area contributed by atoms with E-state index in [1.165, 1.54) is 0 Å². The van der Waals surface area contributed by atoms with Gasteiger partial charge in [0.1, 0.15) is 6.10 Å². The number of hydrogen-bond donors (Lipinski definition) is 1. The van der Waals surface area contributed by atoms with Gasteiger partial charge >= 0.3 is 12.4 Å². The maximum absolute atomic E-state index is 13.6. The Bertz CT molecular complexity index is 623. The van der Waals surface area contributed by atoms with E-state index in [9.17, 15) is 40.2 Å². The van der Waals surface area contributed by atoms with Crippen molar-refractivity contribution in [2.24, 2.45) is 0 Å². The van der Waals surface area contributed by atoms with Gasteiger partial charge in [-0.2, -0.15) is 31.4 Å². The smallest absolute Gasteiger partial charge is 0.382 e. The van der Waals surface area contributed by atoms with Gasteiger partial charge in [0.2, 0.25) is 0 Å². The zero-order chi connectivity index (χ0) is 19.2. The minimum absolute atomic E-state index is 0.345. The molecule has 1 aliphatic rings. The van der Waals surface area contributed by atoms with E-state index in [0.717, 1.165) is 7.11 Å². The molecule has 0 saturated carbocycles. The zero-order valence-corrected chi connectivity index (χ0v) is 12.8. The van der Waals surface area contributed by atoms with Gasteiger partial charge in [0.15, 0.2) is 11.8 Å². The van der Waals surface area contributed by atoms with Crippen molar-refractivity contribution in [2.45, 2.75) is 56.3 Å². The van der Waals surface area contributed by atoms with Crippen LogP contribution in [-0.2, 0) is 23.9 Å². The number of methoxy groups -OCH3 is 1. The highest BCUT2D eigenvalue weighted by Gasteiger charge is 2.51. The van der Waals surface area contributed by atoms with Crippen molar-refractivity contribution in [1.29, 1.82) is 0 Å². The fourth-order valence-electron chi connectivity index (χ4n) is 2.74. The average molecular weight is 382 g/mol. The number of nitrogens with zero attached hydrogens (tertiary/aromatic N) is 2. The lowest BCUT2D eigenvalue weighted by molar-refractivity contribution is -0.215. The molecule has 12 heteroatoms. The van der Waals surface area contributed by atoms with E-state index in [1.54, 1.807) is 0 Å². The highest BCUT2D eigenvalue weighted by Crippen LogP contribution is 2.46. The second kappa shape index (κ2) is 6.38. The van der Waals surface area contributed by atoms with Gasteiger partial charge in [-0.1, -0.05) is 0 Å². The Hall–Kier alpha value is -1.43. The van der Waals surface area contributed by atoms with E-state index in [0.29, 0.717) is 4.68 Å². The third-order valence-corrected chi connectivity index (χ3v) is 3.99. The van der Waals surface area contributed by atoms with Crippen molar-refractivity contribution < 1.29 is 45.0 Å². The van der Waals surface area contributed by atoms with Crippen LogP contribution in [-0.4, -0.2) is 40.2 Å². The van der Waals surface area contributed by atoms with E-state index in [-0.39, 0.29) is 5.69 Å². The Labute approximate surface area is 136 Å². The summed E-state index contributed by atoms with van der Waals surface area (Å²) in [5.74, 6) is -3.78. The zero-order valence-electron chi connectivity index (χ0n) is 12.8. The first-order chi connectivity index (χ1) is 11.3. The molecule has 0 fully saturated rings. The molecule has 0 spiro atoms. The predicted molar refractivity (Wildman–Crippen MR) is 66.9 cm³/mol. The Balaban J connectivity index is 2.38. The summed E-state index contributed by atoms with van der Waals surface area (Å²) in [4.78, 5) is 0. The SMILES string of the molecule is CO[C@@H](CCn1nc(C(F)(F)F)c2c1CCC(F)(F)[C@H]2O)C(F)(F)F. The quantitative estimate of drug-likeness (QED) is 0.812. The maximum Gasteiger partial charge on any atom is 0.435 e. The van der Waals surface area contributed by atoms with Crippen molar-refractivity contribution in [3.8, 4) is 0 Å². The lowest BCUT2D eigenvalue weighted by atomic mass is 9.89. The van der Waals surface area contributed by atoms with Crippen LogP contribution in [0.3, 0.4) is 0 Å². The monoisotopic (exact) mass is 382 g/mol. The van der Waals surface area contributed by atoms with Crippen LogP contribution in [0, 0.1) is 0 Å². The highest BCUT2D eigenvalue weighted by molar-refractivity contribution is 5.35. The van der Waals surface area contributed by atoms with E-state index >= 15 is 0 Å². The topological polar surface area (TPSA) is 47.3 Å². The van der Waals surface area contributed by atoms with E-state index in [4.69, 9.17) is 0 Å². The highest BCUT2D eigenvalue weighted by atomic mass is 19.4. The second-order valence-corrected chi connectivity index (χ2v) is 5.65. The molecule has 0 saturated heterocycles. The third kappa shape index (κ3) is 3.89. The van der Waals surface area contributed by atoms with E-state index in [2.05, 4.69) is 9.84 Å². The summed E-state index contributed by atoms with van der Waals surface area (Å²) in [6.45, 7) is -0.630. The summed E-state index contributed by atoms with van der Waals surface area (Å²) in [6.07, 6.45) is -17.1. The predicted octanol–water partition coefficient (Wildman–Crippen LogP) is 3.48. The van der Waals surface area contributed by atoms with Crippen LogP contribution in [0.1, 0.15) is 35.9 Å². The molecule has 4 nitrogen and oxygen atoms in total. The number of aliphatic hydroxyl groups excluding tert-OH is 1. The van der Waals surface area contributed by atoms with Crippen molar-refractivity contribution in [3.05, 3.63) is 17.0 Å². The molecule has 144 valence electrons. The average Bonchev–Trinajstić information content (AvgIpc) is 2.81. The third-order valence-electron chi connectivity index (χ3n) is 3.99. The van der Waals surface area contributed by atoms with Gasteiger partial charge < -0.3 is 9.84 Å². The summed E-state index contributed by atoms with van der Waals surface area (Å²) in [7, 11) is 0.794. The molecule has 0 bridgehead atoms. The number of fused-ring (bicyclic) bond motifs is 1. The van der Waals surface area contributed by atoms with Gasteiger partial charge in [-0.05, 0) is 6.42 Å². The van der Waals surface area contributed by atoms with Crippen LogP contribution in [0.4, 0.5) is 35.1 Å². The number of aliphatic hydroxyl groups is 1. The number of alkyl halides is 8. The molecule has 1 N–H and O–H groups in total.